The Kier molecular flexibility index (Phi) is 3.27. The highest BCUT2D eigenvalue weighted by atomic mass is 16.5. The van der Waals surface area contributed by atoms with E-state index >= 15 is 0 Å². The van der Waals surface area contributed by atoms with Crippen molar-refractivity contribution in [2.45, 2.75) is 25.8 Å². The summed E-state index contributed by atoms with van der Waals surface area (Å²) in [5, 5.41) is 12.0. The molecule has 3 aliphatic rings. The second-order valence-corrected chi connectivity index (χ2v) is 6.26. The smallest absolute Gasteiger partial charge is 0.309 e. The van der Waals surface area contributed by atoms with Gasteiger partial charge in [0.2, 0.25) is 5.91 Å². The molecule has 0 atom stereocenters. The summed E-state index contributed by atoms with van der Waals surface area (Å²) in [6, 6.07) is 5.42. The monoisotopic (exact) mass is 305 g/mol. The van der Waals surface area contributed by atoms with E-state index in [4.69, 9.17) is 14.6 Å². The van der Waals surface area contributed by atoms with Gasteiger partial charge >= 0.3 is 5.97 Å². The molecule has 2 bridgehead atoms. The van der Waals surface area contributed by atoms with Crippen LogP contribution in [0.15, 0.2) is 18.2 Å². The van der Waals surface area contributed by atoms with Crippen LogP contribution in [0.5, 0.6) is 11.5 Å². The van der Waals surface area contributed by atoms with Crippen molar-refractivity contribution in [2.75, 3.05) is 14.2 Å². The van der Waals surface area contributed by atoms with E-state index in [1.807, 2.05) is 12.1 Å². The molecule has 1 amide bonds. The standard InChI is InChI=1S/C16H19NO5/c1-21-11-4-3-10(12(5-11)22-2)6-17-13(18)15-7-16(8-15,9-15)14(19)20/h3-5H,6-9H2,1-2H3,(H,17,18)(H,19,20). The Labute approximate surface area is 128 Å². The van der Waals surface area contributed by atoms with Crippen molar-refractivity contribution in [3.63, 3.8) is 0 Å². The fourth-order valence-electron chi connectivity index (χ4n) is 3.62. The molecule has 3 fully saturated rings. The number of hydrogen-bond donors (Lipinski definition) is 2. The zero-order chi connectivity index (χ0) is 16.0. The molecule has 118 valence electrons. The van der Waals surface area contributed by atoms with Crippen molar-refractivity contribution in [2.24, 2.45) is 10.8 Å². The van der Waals surface area contributed by atoms with Crippen LogP contribution in [0.4, 0.5) is 0 Å². The van der Waals surface area contributed by atoms with Crippen molar-refractivity contribution in [3.05, 3.63) is 23.8 Å². The van der Waals surface area contributed by atoms with Gasteiger partial charge in [0, 0.05) is 18.2 Å². The Morgan fingerprint density at radius 2 is 1.86 bits per heavy atom. The molecule has 0 heterocycles. The number of carbonyl (C=O) groups excluding carboxylic acids is 1. The lowest BCUT2D eigenvalue weighted by atomic mass is 9.35. The molecule has 3 saturated carbocycles. The van der Waals surface area contributed by atoms with Crippen molar-refractivity contribution >= 4 is 11.9 Å². The van der Waals surface area contributed by atoms with E-state index in [0.29, 0.717) is 37.3 Å². The van der Waals surface area contributed by atoms with Gasteiger partial charge in [-0.25, -0.2) is 0 Å². The number of hydrogen-bond acceptors (Lipinski definition) is 4. The highest BCUT2D eigenvalue weighted by molar-refractivity contribution is 5.93. The maximum atomic E-state index is 12.3. The van der Waals surface area contributed by atoms with Crippen LogP contribution < -0.4 is 14.8 Å². The molecule has 0 aromatic heterocycles. The van der Waals surface area contributed by atoms with Crippen LogP contribution in [0.3, 0.4) is 0 Å². The predicted molar refractivity (Wildman–Crippen MR) is 77.7 cm³/mol. The third-order valence-electron chi connectivity index (χ3n) is 4.90. The lowest BCUT2D eigenvalue weighted by molar-refractivity contribution is -0.220. The predicted octanol–water partition coefficient (Wildman–Crippen LogP) is 1.57. The van der Waals surface area contributed by atoms with Gasteiger partial charge in [-0.15, -0.1) is 0 Å². The molecule has 4 rings (SSSR count). The van der Waals surface area contributed by atoms with Crippen LogP contribution in [0, 0.1) is 10.8 Å². The lowest BCUT2D eigenvalue weighted by Gasteiger charge is -2.66. The molecule has 3 aliphatic carbocycles. The Bertz CT molecular complexity index is 620. The summed E-state index contributed by atoms with van der Waals surface area (Å²) < 4.78 is 10.4. The van der Waals surface area contributed by atoms with Gasteiger partial charge in [0.25, 0.3) is 0 Å². The van der Waals surface area contributed by atoms with Crippen molar-refractivity contribution in [3.8, 4) is 11.5 Å². The first-order valence-corrected chi connectivity index (χ1v) is 7.17. The molecule has 0 radical (unpaired) electrons. The SMILES string of the molecule is COc1ccc(CNC(=O)C23CC(C(=O)O)(C2)C3)c(OC)c1. The third kappa shape index (κ3) is 2.01. The first-order chi connectivity index (χ1) is 10.4. The molecule has 2 N–H and O–H groups in total. The summed E-state index contributed by atoms with van der Waals surface area (Å²) >= 11 is 0. The Morgan fingerprint density at radius 1 is 1.18 bits per heavy atom. The molecular formula is C16H19NO5. The molecule has 0 saturated heterocycles. The number of aliphatic carboxylic acids is 1. The van der Waals surface area contributed by atoms with E-state index in [9.17, 15) is 9.59 Å². The molecule has 22 heavy (non-hydrogen) atoms. The van der Waals surface area contributed by atoms with Crippen LogP contribution >= 0.6 is 0 Å². The Hall–Kier alpha value is -2.24. The second kappa shape index (κ2) is 4.90. The maximum absolute atomic E-state index is 12.3. The second-order valence-electron chi connectivity index (χ2n) is 6.26. The summed E-state index contributed by atoms with van der Waals surface area (Å²) in [5.41, 5.74) is -0.232. The fraction of sp³-hybridized carbons (Fsp3) is 0.500. The third-order valence-corrected chi connectivity index (χ3v) is 4.90. The van der Waals surface area contributed by atoms with Crippen LogP contribution in [0.2, 0.25) is 0 Å². The summed E-state index contributed by atoms with van der Waals surface area (Å²) in [6.45, 7) is 0.355. The highest BCUT2D eigenvalue weighted by Gasteiger charge is 2.75. The van der Waals surface area contributed by atoms with E-state index in [1.165, 1.54) is 0 Å². The zero-order valence-electron chi connectivity index (χ0n) is 12.6. The summed E-state index contributed by atoms with van der Waals surface area (Å²) in [6.07, 6.45) is 1.38. The van der Waals surface area contributed by atoms with Crippen LogP contribution in [-0.2, 0) is 16.1 Å². The highest BCUT2D eigenvalue weighted by Crippen LogP contribution is 2.73. The van der Waals surface area contributed by atoms with E-state index in [0.717, 1.165) is 5.56 Å². The van der Waals surface area contributed by atoms with E-state index in [1.54, 1.807) is 20.3 Å². The lowest BCUT2D eigenvalue weighted by Crippen LogP contribution is -2.70. The minimum atomic E-state index is -0.779. The normalized spacial score (nSPS) is 28.1. The van der Waals surface area contributed by atoms with Crippen LogP contribution in [-0.4, -0.2) is 31.2 Å². The number of ether oxygens (including phenoxy) is 2. The Balaban J connectivity index is 1.60. The number of nitrogens with one attached hydrogen (secondary N) is 1. The molecule has 6 nitrogen and oxygen atoms in total. The quantitative estimate of drug-likeness (QED) is 0.833. The van der Waals surface area contributed by atoms with Gasteiger partial charge in [-0.2, -0.15) is 0 Å². The van der Waals surface area contributed by atoms with Gasteiger partial charge in [0.15, 0.2) is 0 Å². The minimum absolute atomic E-state index is 0.0616. The average molecular weight is 305 g/mol. The van der Waals surface area contributed by atoms with Crippen molar-refractivity contribution in [1.82, 2.24) is 5.32 Å². The largest absolute Gasteiger partial charge is 0.497 e. The van der Waals surface area contributed by atoms with E-state index in [-0.39, 0.29) is 5.91 Å². The van der Waals surface area contributed by atoms with Crippen LogP contribution in [0.25, 0.3) is 0 Å². The molecule has 0 aliphatic heterocycles. The molecule has 0 spiro atoms. The topological polar surface area (TPSA) is 84.9 Å². The molecule has 6 heteroatoms. The van der Waals surface area contributed by atoms with Gasteiger partial charge < -0.3 is 19.9 Å². The summed E-state index contributed by atoms with van der Waals surface area (Å²) in [7, 11) is 3.15. The zero-order valence-corrected chi connectivity index (χ0v) is 12.6. The number of rotatable bonds is 6. The van der Waals surface area contributed by atoms with Gasteiger partial charge in [0.05, 0.1) is 25.0 Å². The van der Waals surface area contributed by atoms with E-state index in [2.05, 4.69) is 5.32 Å². The van der Waals surface area contributed by atoms with Gasteiger partial charge in [-0.05, 0) is 31.4 Å². The number of methoxy groups -OCH3 is 2. The number of amides is 1. The first kappa shape index (κ1) is 14.7. The van der Waals surface area contributed by atoms with E-state index < -0.39 is 16.8 Å². The van der Waals surface area contributed by atoms with Crippen LogP contribution in [0.1, 0.15) is 24.8 Å². The van der Waals surface area contributed by atoms with Gasteiger partial charge in [0.1, 0.15) is 11.5 Å². The Morgan fingerprint density at radius 3 is 2.41 bits per heavy atom. The molecule has 0 unspecified atom stereocenters. The number of benzene rings is 1. The molecule has 1 aromatic carbocycles. The fourth-order valence-corrected chi connectivity index (χ4v) is 3.62. The van der Waals surface area contributed by atoms with Crippen molar-refractivity contribution < 1.29 is 24.2 Å². The van der Waals surface area contributed by atoms with Crippen molar-refractivity contribution in [1.29, 1.82) is 0 Å². The molecular weight excluding hydrogens is 286 g/mol. The number of carboxylic acid groups (broad SMARTS) is 1. The first-order valence-electron chi connectivity index (χ1n) is 7.17. The summed E-state index contributed by atoms with van der Waals surface area (Å²) in [4.78, 5) is 23.3. The number of carbonyl (C=O) groups is 2. The maximum Gasteiger partial charge on any atom is 0.309 e. The molecule has 1 aromatic rings. The van der Waals surface area contributed by atoms with Gasteiger partial charge in [-0.3, -0.25) is 9.59 Å². The number of carboxylic acids is 1. The minimum Gasteiger partial charge on any atom is -0.497 e. The average Bonchev–Trinajstić information content (AvgIpc) is 2.41. The summed E-state index contributed by atoms with van der Waals surface area (Å²) in [5.74, 6) is 0.501. The van der Waals surface area contributed by atoms with Gasteiger partial charge in [-0.1, -0.05) is 0 Å².